The highest BCUT2D eigenvalue weighted by Gasteiger charge is 2.22. The molecule has 8 heteroatoms. The van der Waals surface area contributed by atoms with Crippen LogP contribution in [-0.4, -0.2) is 37.1 Å². The van der Waals surface area contributed by atoms with E-state index >= 15 is 0 Å². The molecule has 26 heavy (non-hydrogen) atoms. The van der Waals surface area contributed by atoms with Gasteiger partial charge in [-0.05, 0) is 17.7 Å². The number of anilines is 1. The average molecular weight is 376 g/mol. The third-order valence-corrected chi connectivity index (χ3v) is 4.55. The Morgan fingerprint density at radius 2 is 1.96 bits per heavy atom. The molecule has 0 aliphatic carbocycles. The molecule has 1 saturated heterocycles. The number of nitro benzene ring substituents is 1. The van der Waals surface area contributed by atoms with Gasteiger partial charge >= 0.3 is 0 Å². The number of hydrogen-bond donors (Lipinski definition) is 1. The first-order valence-electron chi connectivity index (χ1n) is 8.19. The Morgan fingerprint density at radius 1 is 1.23 bits per heavy atom. The van der Waals surface area contributed by atoms with Crippen molar-refractivity contribution in [1.29, 1.82) is 0 Å². The molecule has 0 unspecified atom stereocenters. The fraction of sp³-hybridized carbons (Fsp3) is 0.278. The van der Waals surface area contributed by atoms with Gasteiger partial charge in [0.15, 0.2) is 0 Å². The predicted octanol–water partition coefficient (Wildman–Crippen LogP) is 3.01. The van der Waals surface area contributed by atoms with Crippen LogP contribution in [-0.2, 0) is 11.3 Å². The van der Waals surface area contributed by atoms with E-state index in [-0.39, 0.29) is 23.7 Å². The van der Waals surface area contributed by atoms with Crippen molar-refractivity contribution < 1.29 is 14.5 Å². The van der Waals surface area contributed by atoms with Crippen LogP contribution in [0, 0.1) is 10.1 Å². The molecule has 0 bridgehead atoms. The second kappa shape index (κ2) is 8.16. The van der Waals surface area contributed by atoms with Crippen LogP contribution in [0.1, 0.15) is 15.9 Å². The van der Waals surface area contributed by atoms with Gasteiger partial charge in [-0.15, -0.1) is 0 Å². The van der Waals surface area contributed by atoms with Gasteiger partial charge in [0.2, 0.25) is 0 Å². The normalized spacial score (nSPS) is 14.1. The summed E-state index contributed by atoms with van der Waals surface area (Å²) in [6.45, 7) is 2.60. The Bertz CT molecular complexity index is 822. The molecule has 0 atom stereocenters. The molecule has 0 spiro atoms. The van der Waals surface area contributed by atoms with Gasteiger partial charge in [-0.3, -0.25) is 14.9 Å². The summed E-state index contributed by atoms with van der Waals surface area (Å²) < 4.78 is 5.34. The van der Waals surface area contributed by atoms with Crippen molar-refractivity contribution in [2.75, 3.05) is 31.2 Å². The molecule has 2 aromatic carbocycles. The molecule has 1 aliphatic heterocycles. The Kier molecular flexibility index (Phi) is 5.70. The van der Waals surface area contributed by atoms with Crippen molar-refractivity contribution in [2.24, 2.45) is 0 Å². The van der Waals surface area contributed by atoms with E-state index in [0.717, 1.165) is 5.56 Å². The molecular formula is C18H18ClN3O4. The summed E-state index contributed by atoms with van der Waals surface area (Å²) in [5.74, 6) is -0.380. The van der Waals surface area contributed by atoms with Gasteiger partial charge in [0, 0.05) is 36.8 Å². The molecule has 1 aliphatic rings. The van der Waals surface area contributed by atoms with Gasteiger partial charge in [-0.2, -0.15) is 0 Å². The standard InChI is InChI=1S/C18H18ClN3O4/c19-16-4-2-1-3-13(16)12-20-18(23)15-11-14(22(24)25)5-6-17(15)21-7-9-26-10-8-21/h1-6,11H,7-10,12H2,(H,20,23). The van der Waals surface area contributed by atoms with E-state index in [1.807, 2.05) is 23.1 Å². The topological polar surface area (TPSA) is 84.7 Å². The molecular weight excluding hydrogens is 358 g/mol. The number of halogens is 1. The van der Waals surface area contributed by atoms with Crippen LogP contribution in [0.2, 0.25) is 5.02 Å². The molecule has 0 aromatic heterocycles. The predicted molar refractivity (Wildman–Crippen MR) is 98.8 cm³/mol. The zero-order chi connectivity index (χ0) is 18.5. The molecule has 1 amide bonds. The van der Waals surface area contributed by atoms with Crippen molar-refractivity contribution in [2.45, 2.75) is 6.54 Å². The highest BCUT2D eigenvalue weighted by molar-refractivity contribution is 6.31. The van der Waals surface area contributed by atoms with Crippen molar-refractivity contribution in [1.82, 2.24) is 5.32 Å². The van der Waals surface area contributed by atoms with Crippen molar-refractivity contribution in [3.05, 3.63) is 68.7 Å². The number of carbonyl (C=O) groups is 1. The SMILES string of the molecule is O=C(NCc1ccccc1Cl)c1cc([N+](=O)[O-])ccc1N1CCOCC1. The molecule has 7 nitrogen and oxygen atoms in total. The number of hydrogen-bond acceptors (Lipinski definition) is 5. The number of amides is 1. The number of nitrogens with zero attached hydrogens (tertiary/aromatic N) is 2. The highest BCUT2D eigenvalue weighted by Crippen LogP contribution is 2.26. The van der Waals surface area contributed by atoms with Crippen LogP contribution in [0.15, 0.2) is 42.5 Å². The van der Waals surface area contributed by atoms with Crippen LogP contribution >= 0.6 is 11.6 Å². The van der Waals surface area contributed by atoms with Gasteiger partial charge in [-0.25, -0.2) is 0 Å². The fourth-order valence-corrected chi connectivity index (χ4v) is 3.01. The zero-order valence-electron chi connectivity index (χ0n) is 14.0. The van der Waals surface area contributed by atoms with Crippen LogP contribution < -0.4 is 10.2 Å². The lowest BCUT2D eigenvalue weighted by atomic mass is 10.1. The quantitative estimate of drug-likeness (QED) is 0.641. The second-order valence-corrected chi connectivity index (χ2v) is 6.24. The summed E-state index contributed by atoms with van der Waals surface area (Å²) in [7, 11) is 0. The molecule has 1 fully saturated rings. The van der Waals surface area contributed by atoms with E-state index < -0.39 is 4.92 Å². The van der Waals surface area contributed by atoms with E-state index in [1.54, 1.807) is 12.1 Å². The van der Waals surface area contributed by atoms with Gasteiger partial charge < -0.3 is 15.0 Å². The van der Waals surface area contributed by atoms with Crippen molar-refractivity contribution in [3.8, 4) is 0 Å². The molecule has 136 valence electrons. The van der Waals surface area contributed by atoms with Crippen LogP contribution in [0.4, 0.5) is 11.4 Å². The molecule has 3 rings (SSSR count). The lowest BCUT2D eigenvalue weighted by Gasteiger charge is -2.30. The van der Waals surface area contributed by atoms with E-state index in [9.17, 15) is 14.9 Å². The number of rotatable bonds is 5. The fourth-order valence-electron chi connectivity index (χ4n) is 2.81. The van der Waals surface area contributed by atoms with Gasteiger partial charge in [-0.1, -0.05) is 29.8 Å². The van der Waals surface area contributed by atoms with E-state index in [1.165, 1.54) is 12.1 Å². The average Bonchev–Trinajstić information content (AvgIpc) is 2.67. The Labute approximate surface area is 155 Å². The minimum Gasteiger partial charge on any atom is -0.378 e. The van der Waals surface area contributed by atoms with Crippen LogP contribution in [0.5, 0.6) is 0 Å². The van der Waals surface area contributed by atoms with Gasteiger partial charge in [0.25, 0.3) is 11.6 Å². The van der Waals surface area contributed by atoms with E-state index in [2.05, 4.69) is 5.32 Å². The van der Waals surface area contributed by atoms with Gasteiger partial charge in [0.05, 0.1) is 29.4 Å². The van der Waals surface area contributed by atoms with Gasteiger partial charge in [0.1, 0.15) is 0 Å². The minimum atomic E-state index is -0.506. The second-order valence-electron chi connectivity index (χ2n) is 5.83. The molecule has 0 saturated carbocycles. The Balaban J connectivity index is 1.85. The summed E-state index contributed by atoms with van der Waals surface area (Å²) in [5, 5.41) is 14.5. The van der Waals surface area contributed by atoms with E-state index in [0.29, 0.717) is 37.0 Å². The lowest BCUT2D eigenvalue weighted by molar-refractivity contribution is -0.384. The third-order valence-electron chi connectivity index (χ3n) is 4.18. The largest absolute Gasteiger partial charge is 0.378 e. The van der Waals surface area contributed by atoms with Crippen molar-refractivity contribution in [3.63, 3.8) is 0 Å². The molecule has 2 aromatic rings. The van der Waals surface area contributed by atoms with Crippen molar-refractivity contribution >= 4 is 28.9 Å². The number of nitro groups is 1. The smallest absolute Gasteiger partial charge is 0.270 e. The summed E-state index contributed by atoms with van der Waals surface area (Å²) in [6.07, 6.45) is 0. The monoisotopic (exact) mass is 375 g/mol. The summed E-state index contributed by atoms with van der Waals surface area (Å²) in [5.41, 5.74) is 1.59. The number of nitrogens with one attached hydrogen (secondary N) is 1. The Morgan fingerprint density at radius 3 is 2.65 bits per heavy atom. The lowest BCUT2D eigenvalue weighted by Crippen LogP contribution is -2.38. The zero-order valence-corrected chi connectivity index (χ0v) is 14.7. The maximum absolute atomic E-state index is 12.7. The van der Waals surface area contributed by atoms with Crippen LogP contribution in [0.25, 0.3) is 0 Å². The molecule has 1 heterocycles. The maximum atomic E-state index is 12.7. The van der Waals surface area contributed by atoms with E-state index in [4.69, 9.17) is 16.3 Å². The van der Waals surface area contributed by atoms with Crippen LogP contribution in [0.3, 0.4) is 0 Å². The summed E-state index contributed by atoms with van der Waals surface area (Å²) >= 11 is 6.11. The molecule has 0 radical (unpaired) electrons. The number of non-ortho nitro benzene ring substituents is 1. The summed E-state index contributed by atoms with van der Waals surface area (Å²) in [6, 6.07) is 11.6. The number of benzene rings is 2. The first kappa shape index (κ1) is 18.2. The highest BCUT2D eigenvalue weighted by atomic mass is 35.5. The third kappa shape index (κ3) is 4.12. The Hall–Kier alpha value is -2.64. The molecule has 1 N–H and O–H groups in total. The number of carbonyl (C=O) groups excluding carboxylic acids is 1. The number of ether oxygens (including phenoxy) is 1. The number of morpholine rings is 1. The first-order valence-corrected chi connectivity index (χ1v) is 8.57. The maximum Gasteiger partial charge on any atom is 0.270 e. The minimum absolute atomic E-state index is 0.120. The first-order chi connectivity index (χ1) is 12.6. The summed E-state index contributed by atoms with van der Waals surface area (Å²) in [4.78, 5) is 25.3.